The standard InChI is InChI=1S/C16H16Cl2N2O/c1-10-11(16(21)19-2)5-3-8-15(10)20-9-12-13(17)6-4-7-14(12)18/h3-8,20H,9H2,1-2H3,(H,19,21). The van der Waals surface area contributed by atoms with Crippen LogP contribution in [-0.2, 0) is 6.54 Å². The fraction of sp³-hybridized carbons (Fsp3) is 0.188. The Bertz CT molecular complexity index is 651. The van der Waals surface area contributed by atoms with Crippen LogP contribution in [0.25, 0.3) is 0 Å². The van der Waals surface area contributed by atoms with E-state index in [1.54, 1.807) is 25.2 Å². The third kappa shape index (κ3) is 3.49. The van der Waals surface area contributed by atoms with E-state index < -0.39 is 0 Å². The highest BCUT2D eigenvalue weighted by atomic mass is 35.5. The Labute approximate surface area is 134 Å². The molecule has 2 aromatic carbocycles. The van der Waals surface area contributed by atoms with Crippen LogP contribution in [0.3, 0.4) is 0 Å². The second-order valence-electron chi connectivity index (χ2n) is 4.61. The molecule has 0 saturated heterocycles. The molecule has 0 atom stereocenters. The van der Waals surface area contributed by atoms with Crippen LogP contribution in [0.1, 0.15) is 21.5 Å². The minimum absolute atomic E-state index is 0.105. The Morgan fingerprint density at radius 1 is 1.10 bits per heavy atom. The van der Waals surface area contributed by atoms with E-state index in [1.807, 2.05) is 25.1 Å². The molecule has 0 fully saturated rings. The maximum atomic E-state index is 11.8. The van der Waals surface area contributed by atoms with Crippen molar-refractivity contribution in [3.05, 3.63) is 63.1 Å². The summed E-state index contributed by atoms with van der Waals surface area (Å²) in [7, 11) is 1.62. The second-order valence-corrected chi connectivity index (χ2v) is 5.43. The summed E-state index contributed by atoms with van der Waals surface area (Å²) >= 11 is 12.3. The van der Waals surface area contributed by atoms with Gasteiger partial charge in [0.05, 0.1) is 0 Å². The van der Waals surface area contributed by atoms with E-state index in [-0.39, 0.29) is 5.91 Å². The van der Waals surface area contributed by atoms with Crippen molar-refractivity contribution in [2.75, 3.05) is 12.4 Å². The van der Waals surface area contributed by atoms with Crippen LogP contribution < -0.4 is 10.6 Å². The van der Waals surface area contributed by atoms with E-state index in [9.17, 15) is 4.79 Å². The van der Waals surface area contributed by atoms with Crippen LogP contribution in [0.4, 0.5) is 5.69 Å². The Kier molecular flexibility index (Phi) is 5.10. The van der Waals surface area contributed by atoms with Gasteiger partial charge in [-0.2, -0.15) is 0 Å². The maximum Gasteiger partial charge on any atom is 0.251 e. The molecule has 0 aliphatic rings. The number of halogens is 2. The maximum absolute atomic E-state index is 11.8. The van der Waals surface area contributed by atoms with Crippen LogP contribution in [-0.4, -0.2) is 13.0 Å². The fourth-order valence-corrected chi connectivity index (χ4v) is 2.62. The molecule has 2 N–H and O–H groups in total. The van der Waals surface area contributed by atoms with Gasteiger partial charge in [-0.05, 0) is 36.8 Å². The monoisotopic (exact) mass is 322 g/mol. The van der Waals surface area contributed by atoms with Gasteiger partial charge >= 0.3 is 0 Å². The molecular weight excluding hydrogens is 307 g/mol. The number of carbonyl (C=O) groups is 1. The highest BCUT2D eigenvalue weighted by Crippen LogP contribution is 2.26. The first-order valence-electron chi connectivity index (χ1n) is 6.53. The fourth-order valence-electron chi connectivity index (χ4n) is 2.09. The van der Waals surface area contributed by atoms with Gasteiger partial charge in [0.2, 0.25) is 0 Å². The van der Waals surface area contributed by atoms with Crippen LogP contribution in [0, 0.1) is 6.92 Å². The lowest BCUT2D eigenvalue weighted by Crippen LogP contribution is -2.19. The van der Waals surface area contributed by atoms with Gasteiger partial charge in [0.25, 0.3) is 5.91 Å². The number of hydrogen-bond acceptors (Lipinski definition) is 2. The zero-order chi connectivity index (χ0) is 15.4. The molecule has 5 heteroatoms. The molecular formula is C16H16Cl2N2O. The Morgan fingerprint density at radius 2 is 1.71 bits per heavy atom. The second kappa shape index (κ2) is 6.83. The number of anilines is 1. The number of rotatable bonds is 4. The first-order valence-corrected chi connectivity index (χ1v) is 7.28. The smallest absolute Gasteiger partial charge is 0.251 e. The molecule has 3 nitrogen and oxygen atoms in total. The molecule has 1 amide bonds. The Morgan fingerprint density at radius 3 is 2.33 bits per heavy atom. The molecule has 0 spiro atoms. The highest BCUT2D eigenvalue weighted by Gasteiger charge is 2.11. The minimum atomic E-state index is -0.105. The van der Waals surface area contributed by atoms with Crippen LogP contribution in [0.2, 0.25) is 10.0 Å². The molecule has 0 radical (unpaired) electrons. The zero-order valence-corrected chi connectivity index (χ0v) is 13.3. The van der Waals surface area contributed by atoms with Gasteiger partial charge in [-0.25, -0.2) is 0 Å². The largest absolute Gasteiger partial charge is 0.381 e. The molecule has 110 valence electrons. The number of carbonyl (C=O) groups excluding carboxylic acids is 1. The predicted octanol–water partition coefficient (Wildman–Crippen LogP) is 4.27. The zero-order valence-electron chi connectivity index (χ0n) is 11.8. The molecule has 0 saturated carbocycles. The predicted molar refractivity (Wildman–Crippen MR) is 88.4 cm³/mol. The summed E-state index contributed by atoms with van der Waals surface area (Å²) in [6.45, 7) is 2.40. The van der Waals surface area contributed by atoms with E-state index in [0.29, 0.717) is 22.2 Å². The molecule has 0 heterocycles. The average molecular weight is 323 g/mol. The summed E-state index contributed by atoms with van der Waals surface area (Å²) in [5.41, 5.74) is 3.26. The lowest BCUT2D eigenvalue weighted by Gasteiger charge is -2.14. The van der Waals surface area contributed by atoms with Crippen molar-refractivity contribution in [2.45, 2.75) is 13.5 Å². The van der Waals surface area contributed by atoms with Crippen molar-refractivity contribution in [2.24, 2.45) is 0 Å². The summed E-state index contributed by atoms with van der Waals surface area (Å²) in [6, 6.07) is 11.0. The lowest BCUT2D eigenvalue weighted by atomic mass is 10.1. The molecule has 0 aliphatic heterocycles. The normalized spacial score (nSPS) is 10.3. The first kappa shape index (κ1) is 15.7. The number of amides is 1. The van der Waals surface area contributed by atoms with E-state index in [2.05, 4.69) is 10.6 Å². The highest BCUT2D eigenvalue weighted by molar-refractivity contribution is 6.36. The van der Waals surface area contributed by atoms with Gasteiger partial charge < -0.3 is 10.6 Å². The Balaban J connectivity index is 2.23. The molecule has 0 aliphatic carbocycles. The summed E-state index contributed by atoms with van der Waals surface area (Å²) in [6.07, 6.45) is 0. The minimum Gasteiger partial charge on any atom is -0.381 e. The van der Waals surface area contributed by atoms with Crippen molar-refractivity contribution < 1.29 is 4.79 Å². The molecule has 0 aromatic heterocycles. The van der Waals surface area contributed by atoms with Crippen molar-refractivity contribution >= 4 is 34.8 Å². The number of hydrogen-bond donors (Lipinski definition) is 2. The summed E-state index contributed by atoms with van der Waals surface area (Å²) in [5, 5.41) is 7.15. The van der Waals surface area contributed by atoms with Gasteiger partial charge in [0.15, 0.2) is 0 Å². The quantitative estimate of drug-likeness (QED) is 0.882. The topological polar surface area (TPSA) is 41.1 Å². The molecule has 0 bridgehead atoms. The van der Waals surface area contributed by atoms with Crippen LogP contribution in [0.15, 0.2) is 36.4 Å². The lowest BCUT2D eigenvalue weighted by molar-refractivity contribution is 0.0962. The van der Waals surface area contributed by atoms with Gasteiger partial charge in [-0.3, -0.25) is 4.79 Å². The first-order chi connectivity index (χ1) is 10.0. The average Bonchev–Trinajstić information content (AvgIpc) is 2.47. The molecule has 2 aromatic rings. The van der Waals surface area contributed by atoms with Gasteiger partial charge in [0, 0.05) is 40.5 Å². The van der Waals surface area contributed by atoms with Gasteiger partial charge in [-0.1, -0.05) is 35.3 Å². The van der Waals surface area contributed by atoms with Crippen LogP contribution in [0.5, 0.6) is 0 Å². The van der Waals surface area contributed by atoms with E-state index in [1.165, 1.54) is 0 Å². The Hall–Kier alpha value is -1.71. The summed E-state index contributed by atoms with van der Waals surface area (Å²) in [4.78, 5) is 11.8. The number of benzene rings is 2. The van der Waals surface area contributed by atoms with E-state index in [0.717, 1.165) is 16.8 Å². The van der Waals surface area contributed by atoms with Crippen molar-refractivity contribution in [1.82, 2.24) is 5.32 Å². The van der Waals surface area contributed by atoms with E-state index in [4.69, 9.17) is 23.2 Å². The van der Waals surface area contributed by atoms with Crippen LogP contribution >= 0.6 is 23.2 Å². The SMILES string of the molecule is CNC(=O)c1cccc(NCc2c(Cl)cccc2Cl)c1C. The number of nitrogens with one attached hydrogen (secondary N) is 2. The summed E-state index contributed by atoms with van der Waals surface area (Å²) in [5.74, 6) is -0.105. The molecule has 21 heavy (non-hydrogen) atoms. The van der Waals surface area contributed by atoms with Crippen molar-refractivity contribution in [1.29, 1.82) is 0 Å². The van der Waals surface area contributed by atoms with E-state index >= 15 is 0 Å². The molecule has 2 rings (SSSR count). The van der Waals surface area contributed by atoms with Crippen molar-refractivity contribution in [3.8, 4) is 0 Å². The third-order valence-corrected chi connectivity index (χ3v) is 4.03. The van der Waals surface area contributed by atoms with Gasteiger partial charge in [0.1, 0.15) is 0 Å². The third-order valence-electron chi connectivity index (χ3n) is 3.32. The molecule has 0 unspecified atom stereocenters. The van der Waals surface area contributed by atoms with Crippen molar-refractivity contribution in [3.63, 3.8) is 0 Å². The van der Waals surface area contributed by atoms with Gasteiger partial charge in [-0.15, -0.1) is 0 Å². The summed E-state index contributed by atoms with van der Waals surface area (Å²) < 4.78 is 0.